The first-order chi connectivity index (χ1) is 11.2. The Morgan fingerprint density at radius 3 is 2.78 bits per heavy atom. The van der Waals surface area contributed by atoms with E-state index in [9.17, 15) is 9.59 Å². The van der Waals surface area contributed by atoms with E-state index in [1.54, 1.807) is 12.3 Å². The molecule has 1 unspecified atom stereocenters. The molecule has 2 aromatic rings. The Hall–Kier alpha value is -2.25. The predicted octanol–water partition coefficient (Wildman–Crippen LogP) is 2.94. The first-order valence-corrected chi connectivity index (χ1v) is 8.68. The molecule has 23 heavy (non-hydrogen) atoms. The minimum absolute atomic E-state index is 0.0262. The molecule has 0 radical (unpaired) electrons. The highest BCUT2D eigenvalue weighted by molar-refractivity contribution is 8.15. The number of benzene rings is 1. The first kappa shape index (κ1) is 15.6. The lowest BCUT2D eigenvalue weighted by Crippen LogP contribution is -2.26. The molecule has 0 aliphatic carbocycles. The van der Waals surface area contributed by atoms with Crippen molar-refractivity contribution >= 4 is 46.2 Å². The van der Waals surface area contributed by atoms with Crippen molar-refractivity contribution in [1.82, 2.24) is 5.32 Å². The Bertz CT molecular complexity index is 755. The average Bonchev–Trinajstić information content (AvgIpc) is 3.19. The van der Waals surface area contributed by atoms with Crippen molar-refractivity contribution in [2.45, 2.75) is 11.7 Å². The molecule has 3 rings (SSSR count). The number of amides is 1. The molecule has 1 N–H and O–H groups in total. The van der Waals surface area contributed by atoms with Crippen LogP contribution in [-0.2, 0) is 4.79 Å². The van der Waals surface area contributed by atoms with Crippen LogP contribution in [0, 0.1) is 0 Å². The topological polar surface area (TPSA) is 70.9 Å². The van der Waals surface area contributed by atoms with Gasteiger partial charge in [-0.3, -0.25) is 9.59 Å². The Labute approximate surface area is 141 Å². The second-order valence-corrected chi connectivity index (χ2v) is 6.90. The minimum atomic E-state index is -0.449. The van der Waals surface area contributed by atoms with E-state index in [0.29, 0.717) is 10.0 Å². The lowest BCUT2D eigenvalue weighted by Gasteiger charge is -2.02. The lowest BCUT2D eigenvalue weighted by molar-refractivity contribution is -0.118. The number of ketones is 1. The van der Waals surface area contributed by atoms with Gasteiger partial charge in [0, 0.05) is 6.42 Å². The van der Waals surface area contributed by atoms with Gasteiger partial charge < -0.3 is 5.32 Å². The molecule has 5 nitrogen and oxygen atoms in total. The third kappa shape index (κ3) is 4.14. The summed E-state index contributed by atoms with van der Waals surface area (Å²) in [7, 11) is 0. The average molecular weight is 343 g/mol. The molecule has 1 atom stereocenters. The van der Waals surface area contributed by atoms with Crippen molar-refractivity contribution in [2.24, 2.45) is 10.2 Å². The SMILES string of the molecule is O=C(CC1S/C(=N\N=C\c2ccccc2)NC1=O)c1cccs1. The maximum absolute atomic E-state index is 12.1. The highest BCUT2D eigenvalue weighted by atomic mass is 32.2. The monoisotopic (exact) mass is 343 g/mol. The molecule has 1 aliphatic rings. The fourth-order valence-corrected chi connectivity index (χ4v) is 3.58. The van der Waals surface area contributed by atoms with Crippen LogP contribution < -0.4 is 5.32 Å². The van der Waals surface area contributed by atoms with Gasteiger partial charge in [0.15, 0.2) is 11.0 Å². The maximum Gasteiger partial charge on any atom is 0.240 e. The van der Waals surface area contributed by atoms with Gasteiger partial charge in [-0.1, -0.05) is 48.2 Å². The number of thioether (sulfide) groups is 1. The van der Waals surface area contributed by atoms with Crippen LogP contribution >= 0.6 is 23.1 Å². The molecule has 1 aromatic heterocycles. The highest BCUT2D eigenvalue weighted by Crippen LogP contribution is 2.25. The van der Waals surface area contributed by atoms with E-state index in [-0.39, 0.29) is 18.1 Å². The van der Waals surface area contributed by atoms with E-state index in [1.807, 2.05) is 41.8 Å². The van der Waals surface area contributed by atoms with E-state index < -0.39 is 5.25 Å². The van der Waals surface area contributed by atoms with E-state index in [2.05, 4.69) is 15.5 Å². The molecule has 1 amide bonds. The Balaban J connectivity index is 1.60. The highest BCUT2D eigenvalue weighted by Gasteiger charge is 2.32. The summed E-state index contributed by atoms with van der Waals surface area (Å²) in [6, 6.07) is 13.2. The summed E-state index contributed by atoms with van der Waals surface area (Å²) in [5, 5.41) is 12.4. The van der Waals surface area contributed by atoms with E-state index in [4.69, 9.17) is 0 Å². The van der Waals surface area contributed by atoms with Gasteiger partial charge in [-0.2, -0.15) is 5.10 Å². The molecule has 7 heteroatoms. The summed E-state index contributed by atoms with van der Waals surface area (Å²) >= 11 is 2.62. The summed E-state index contributed by atoms with van der Waals surface area (Å²) in [6.45, 7) is 0. The predicted molar refractivity (Wildman–Crippen MR) is 94.3 cm³/mol. The van der Waals surface area contributed by atoms with Crippen molar-refractivity contribution in [3.8, 4) is 0 Å². The third-order valence-corrected chi connectivity index (χ3v) is 5.08. The number of carbonyl (C=O) groups excluding carboxylic acids is 2. The number of thiophene rings is 1. The molecule has 1 saturated heterocycles. The van der Waals surface area contributed by atoms with Crippen molar-refractivity contribution in [2.75, 3.05) is 0 Å². The molecule has 0 bridgehead atoms. The number of Topliss-reactive ketones (excluding diaryl/α,β-unsaturated/α-hetero) is 1. The second kappa shape index (κ2) is 7.34. The summed E-state index contributed by atoms with van der Waals surface area (Å²) in [5.41, 5.74) is 0.926. The van der Waals surface area contributed by atoms with Crippen molar-refractivity contribution < 1.29 is 9.59 Å². The van der Waals surface area contributed by atoms with Crippen LogP contribution in [0.15, 0.2) is 58.0 Å². The van der Waals surface area contributed by atoms with Gasteiger partial charge in [-0.05, 0) is 17.0 Å². The Morgan fingerprint density at radius 1 is 1.22 bits per heavy atom. The van der Waals surface area contributed by atoms with Crippen LogP contribution in [0.4, 0.5) is 0 Å². The van der Waals surface area contributed by atoms with Crippen LogP contribution in [0.5, 0.6) is 0 Å². The largest absolute Gasteiger partial charge is 0.303 e. The van der Waals surface area contributed by atoms with Gasteiger partial charge in [0.05, 0.1) is 16.3 Å². The first-order valence-electron chi connectivity index (χ1n) is 6.92. The smallest absolute Gasteiger partial charge is 0.240 e. The number of carbonyl (C=O) groups is 2. The number of hydrogen-bond acceptors (Lipinski definition) is 6. The van der Waals surface area contributed by atoms with E-state index in [1.165, 1.54) is 23.1 Å². The summed E-state index contributed by atoms with van der Waals surface area (Å²) in [5.74, 6) is -0.227. The third-order valence-electron chi connectivity index (χ3n) is 3.10. The number of hydrogen-bond donors (Lipinski definition) is 1. The van der Waals surface area contributed by atoms with Crippen LogP contribution in [-0.4, -0.2) is 28.3 Å². The molecule has 1 fully saturated rings. The van der Waals surface area contributed by atoms with Crippen molar-refractivity contribution in [1.29, 1.82) is 0 Å². The Kier molecular flexibility index (Phi) is 4.99. The van der Waals surface area contributed by atoms with Crippen LogP contribution in [0.2, 0.25) is 0 Å². The lowest BCUT2D eigenvalue weighted by atomic mass is 10.2. The number of amidine groups is 1. The quantitative estimate of drug-likeness (QED) is 0.515. The zero-order valence-corrected chi connectivity index (χ0v) is 13.6. The molecule has 0 saturated carbocycles. The zero-order chi connectivity index (χ0) is 16.1. The van der Waals surface area contributed by atoms with Gasteiger partial charge in [0.25, 0.3) is 0 Å². The van der Waals surface area contributed by atoms with Crippen molar-refractivity contribution in [3.05, 3.63) is 58.3 Å². The van der Waals surface area contributed by atoms with Crippen molar-refractivity contribution in [3.63, 3.8) is 0 Å². The van der Waals surface area contributed by atoms with E-state index in [0.717, 1.165) is 5.56 Å². The molecule has 0 spiro atoms. The summed E-state index contributed by atoms with van der Waals surface area (Å²) in [6.07, 6.45) is 1.78. The van der Waals surface area contributed by atoms with Crippen LogP contribution in [0.1, 0.15) is 21.7 Å². The van der Waals surface area contributed by atoms with Gasteiger partial charge >= 0.3 is 0 Å². The normalized spacial score (nSPS) is 19.4. The minimum Gasteiger partial charge on any atom is -0.303 e. The fraction of sp³-hybridized carbons (Fsp3) is 0.125. The number of nitrogens with one attached hydrogen (secondary N) is 1. The van der Waals surface area contributed by atoms with Gasteiger partial charge in [-0.15, -0.1) is 16.4 Å². The second-order valence-electron chi connectivity index (χ2n) is 4.76. The number of rotatable bonds is 5. The Morgan fingerprint density at radius 2 is 2.04 bits per heavy atom. The molecular formula is C16H13N3O2S2. The molecule has 1 aromatic carbocycles. The van der Waals surface area contributed by atoms with Crippen LogP contribution in [0.25, 0.3) is 0 Å². The van der Waals surface area contributed by atoms with Gasteiger partial charge in [0.2, 0.25) is 5.91 Å². The maximum atomic E-state index is 12.1. The summed E-state index contributed by atoms with van der Waals surface area (Å²) in [4.78, 5) is 24.6. The van der Waals surface area contributed by atoms with E-state index >= 15 is 0 Å². The standard InChI is InChI=1S/C16H13N3O2S2/c20-12(13-7-4-8-22-13)9-14-15(21)18-16(23-14)19-17-10-11-5-2-1-3-6-11/h1-8,10,14H,9H2,(H,18,19,21)/b17-10+. The molecule has 116 valence electrons. The van der Waals surface area contributed by atoms with Gasteiger partial charge in [-0.25, -0.2) is 0 Å². The molecular weight excluding hydrogens is 330 g/mol. The summed E-state index contributed by atoms with van der Waals surface area (Å²) < 4.78 is 0. The fourth-order valence-electron chi connectivity index (χ4n) is 1.98. The zero-order valence-electron chi connectivity index (χ0n) is 12.0. The number of nitrogens with zero attached hydrogens (tertiary/aromatic N) is 2. The molecule has 1 aliphatic heterocycles. The van der Waals surface area contributed by atoms with Gasteiger partial charge in [0.1, 0.15) is 0 Å². The molecule has 2 heterocycles. The van der Waals surface area contributed by atoms with Crippen LogP contribution in [0.3, 0.4) is 0 Å².